The van der Waals surface area contributed by atoms with Gasteiger partial charge in [-0.15, -0.1) is 0 Å². The van der Waals surface area contributed by atoms with E-state index in [0.717, 1.165) is 25.7 Å². The third-order valence-electron chi connectivity index (χ3n) is 4.63. The lowest BCUT2D eigenvalue weighted by molar-refractivity contribution is -0.113. The number of hydrogen-bond acceptors (Lipinski definition) is 7. The number of aliphatic hydroxyl groups is 1. The van der Waals surface area contributed by atoms with Crippen molar-refractivity contribution >= 4 is 27.5 Å². The van der Waals surface area contributed by atoms with E-state index >= 15 is 0 Å². The standard InChI is InChI=1S/C20H26N2O6S/c1-14(21)19(15(2)23)18(24)13-28-20(25)16-8-7-9-17(12-16)29(26,27)22-10-5-3-4-6-11-22/h7-9,12,21,24H,3-6,10-11,13H2,1-2H3/b19-18-,21-14?. The summed E-state index contributed by atoms with van der Waals surface area (Å²) < 4.78 is 32.2. The smallest absolute Gasteiger partial charge is 0.338 e. The summed E-state index contributed by atoms with van der Waals surface area (Å²) in [5.41, 5.74) is -0.337. The monoisotopic (exact) mass is 422 g/mol. The van der Waals surface area contributed by atoms with Gasteiger partial charge in [0, 0.05) is 18.8 Å². The molecular formula is C20H26N2O6S. The number of Topliss-reactive ketones (excluding diaryl/α,β-unsaturated/α-hetero) is 1. The number of carbonyl (C=O) groups is 2. The van der Waals surface area contributed by atoms with Gasteiger partial charge < -0.3 is 15.3 Å². The van der Waals surface area contributed by atoms with Crippen LogP contribution in [0.2, 0.25) is 0 Å². The highest BCUT2D eigenvalue weighted by molar-refractivity contribution is 7.89. The lowest BCUT2D eigenvalue weighted by atomic mass is 10.1. The Kier molecular flexibility index (Phi) is 7.69. The minimum absolute atomic E-state index is 0.00775. The van der Waals surface area contributed by atoms with E-state index in [0.29, 0.717) is 13.1 Å². The lowest BCUT2D eigenvalue weighted by Crippen LogP contribution is -2.32. The fraction of sp³-hybridized carbons (Fsp3) is 0.450. The predicted molar refractivity (Wildman–Crippen MR) is 108 cm³/mol. The SMILES string of the molecule is CC(=N)/C(C(C)=O)=C(/O)COC(=O)c1cccc(S(=O)(=O)N2CCCCCC2)c1. The van der Waals surface area contributed by atoms with Gasteiger partial charge in [-0.05, 0) is 44.9 Å². The van der Waals surface area contributed by atoms with E-state index in [4.69, 9.17) is 10.1 Å². The molecule has 2 N–H and O–H groups in total. The molecule has 29 heavy (non-hydrogen) atoms. The van der Waals surface area contributed by atoms with Gasteiger partial charge in [-0.1, -0.05) is 18.9 Å². The van der Waals surface area contributed by atoms with Crippen LogP contribution in [0, 0.1) is 5.41 Å². The maximum atomic E-state index is 12.9. The van der Waals surface area contributed by atoms with E-state index in [9.17, 15) is 23.1 Å². The highest BCUT2D eigenvalue weighted by Gasteiger charge is 2.26. The highest BCUT2D eigenvalue weighted by Crippen LogP contribution is 2.21. The average molecular weight is 423 g/mol. The molecule has 1 aromatic rings. The Balaban J connectivity index is 2.18. The Bertz CT molecular complexity index is 912. The quantitative estimate of drug-likeness (QED) is 0.301. The Morgan fingerprint density at radius 2 is 1.76 bits per heavy atom. The van der Waals surface area contributed by atoms with E-state index in [2.05, 4.69) is 0 Å². The van der Waals surface area contributed by atoms with Gasteiger partial charge in [0.15, 0.2) is 5.78 Å². The Labute approximate surface area is 170 Å². The number of sulfonamides is 1. The van der Waals surface area contributed by atoms with Crippen molar-refractivity contribution in [2.45, 2.75) is 44.4 Å². The maximum absolute atomic E-state index is 12.9. The normalized spacial score (nSPS) is 16.5. The second-order valence-corrected chi connectivity index (χ2v) is 8.86. The molecule has 0 aromatic heterocycles. The first-order chi connectivity index (χ1) is 13.6. The molecule has 1 heterocycles. The minimum atomic E-state index is -3.71. The zero-order valence-corrected chi connectivity index (χ0v) is 17.4. The zero-order chi connectivity index (χ0) is 21.6. The van der Waals surface area contributed by atoms with Crippen LogP contribution in [-0.2, 0) is 19.6 Å². The van der Waals surface area contributed by atoms with E-state index < -0.39 is 34.1 Å². The number of esters is 1. The molecule has 2 rings (SSSR count). The van der Waals surface area contributed by atoms with Crippen LogP contribution >= 0.6 is 0 Å². The fourth-order valence-electron chi connectivity index (χ4n) is 3.19. The van der Waals surface area contributed by atoms with E-state index in [1.165, 1.54) is 42.4 Å². The lowest BCUT2D eigenvalue weighted by Gasteiger charge is -2.20. The summed E-state index contributed by atoms with van der Waals surface area (Å²) in [6.07, 6.45) is 3.59. The largest absolute Gasteiger partial charge is 0.508 e. The van der Waals surface area contributed by atoms with Crippen LogP contribution in [0.15, 0.2) is 40.5 Å². The molecule has 0 aliphatic carbocycles. The van der Waals surface area contributed by atoms with Crippen LogP contribution in [0.5, 0.6) is 0 Å². The van der Waals surface area contributed by atoms with Gasteiger partial charge in [0.25, 0.3) is 0 Å². The molecule has 9 heteroatoms. The van der Waals surface area contributed by atoms with Crippen molar-refractivity contribution in [3.8, 4) is 0 Å². The molecule has 158 valence electrons. The molecule has 1 aromatic carbocycles. The molecule has 0 atom stereocenters. The third kappa shape index (κ3) is 5.74. The number of benzene rings is 1. The Hall–Kier alpha value is -2.52. The molecule has 0 amide bonds. The highest BCUT2D eigenvalue weighted by atomic mass is 32.2. The Morgan fingerprint density at radius 3 is 2.31 bits per heavy atom. The first kappa shape index (κ1) is 22.8. The van der Waals surface area contributed by atoms with Crippen molar-refractivity contribution in [3.63, 3.8) is 0 Å². The second kappa shape index (κ2) is 9.80. The molecule has 0 bridgehead atoms. The van der Waals surface area contributed by atoms with Crippen molar-refractivity contribution in [1.82, 2.24) is 4.31 Å². The fourth-order valence-corrected chi connectivity index (χ4v) is 4.75. The van der Waals surface area contributed by atoms with Crippen molar-refractivity contribution in [1.29, 1.82) is 5.41 Å². The number of nitrogens with zero attached hydrogens (tertiary/aromatic N) is 1. The number of allylic oxidation sites excluding steroid dienone is 1. The van der Waals surface area contributed by atoms with Gasteiger partial charge in [0.2, 0.25) is 10.0 Å². The van der Waals surface area contributed by atoms with Crippen LogP contribution in [-0.4, -0.2) is 55.0 Å². The topological polar surface area (TPSA) is 125 Å². The van der Waals surface area contributed by atoms with Crippen LogP contribution in [0.1, 0.15) is 49.9 Å². The average Bonchev–Trinajstić information content (AvgIpc) is 2.95. The third-order valence-corrected chi connectivity index (χ3v) is 6.52. The van der Waals surface area contributed by atoms with Gasteiger partial charge in [-0.2, -0.15) is 4.31 Å². The van der Waals surface area contributed by atoms with Crippen molar-refractivity contribution in [2.24, 2.45) is 0 Å². The second-order valence-electron chi connectivity index (χ2n) is 6.93. The van der Waals surface area contributed by atoms with Crippen molar-refractivity contribution in [3.05, 3.63) is 41.2 Å². The van der Waals surface area contributed by atoms with Crippen LogP contribution in [0.4, 0.5) is 0 Å². The zero-order valence-electron chi connectivity index (χ0n) is 16.6. The summed E-state index contributed by atoms with van der Waals surface area (Å²) in [5.74, 6) is -1.88. The van der Waals surface area contributed by atoms with E-state index in [1.54, 1.807) is 0 Å². The number of carbonyl (C=O) groups excluding carboxylic acids is 2. The van der Waals surface area contributed by atoms with Crippen LogP contribution in [0.25, 0.3) is 0 Å². The van der Waals surface area contributed by atoms with Crippen LogP contribution in [0.3, 0.4) is 0 Å². The molecule has 0 spiro atoms. The van der Waals surface area contributed by atoms with E-state index in [-0.39, 0.29) is 21.7 Å². The molecular weight excluding hydrogens is 396 g/mol. The van der Waals surface area contributed by atoms with Gasteiger partial charge in [-0.25, -0.2) is 13.2 Å². The first-order valence-electron chi connectivity index (χ1n) is 9.40. The minimum Gasteiger partial charge on any atom is -0.508 e. The molecule has 0 saturated carbocycles. The number of ether oxygens (including phenoxy) is 1. The molecule has 0 unspecified atom stereocenters. The van der Waals surface area contributed by atoms with Crippen molar-refractivity contribution in [2.75, 3.05) is 19.7 Å². The Morgan fingerprint density at radius 1 is 1.14 bits per heavy atom. The van der Waals surface area contributed by atoms with Gasteiger partial charge in [0.1, 0.15) is 12.4 Å². The predicted octanol–water partition coefficient (Wildman–Crippen LogP) is 2.85. The molecule has 1 fully saturated rings. The van der Waals surface area contributed by atoms with Crippen molar-refractivity contribution < 1.29 is 27.9 Å². The number of hydrogen-bond donors (Lipinski definition) is 2. The molecule has 1 saturated heterocycles. The summed E-state index contributed by atoms with van der Waals surface area (Å²) >= 11 is 0. The number of rotatable bonds is 7. The van der Waals surface area contributed by atoms with Gasteiger partial charge >= 0.3 is 5.97 Å². The number of ketones is 1. The number of aliphatic hydroxyl groups excluding tert-OH is 1. The molecule has 1 aliphatic heterocycles. The first-order valence-corrected chi connectivity index (χ1v) is 10.8. The van der Waals surface area contributed by atoms with Crippen LogP contribution < -0.4 is 0 Å². The number of nitrogens with one attached hydrogen (secondary N) is 1. The maximum Gasteiger partial charge on any atom is 0.338 e. The van der Waals surface area contributed by atoms with E-state index in [1.807, 2.05) is 0 Å². The summed E-state index contributed by atoms with van der Waals surface area (Å²) in [5, 5.41) is 17.5. The molecule has 8 nitrogen and oxygen atoms in total. The summed E-state index contributed by atoms with van der Waals surface area (Å²) in [6, 6.07) is 5.55. The summed E-state index contributed by atoms with van der Waals surface area (Å²) in [4.78, 5) is 23.8. The van der Waals surface area contributed by atoms with Gasteiger partial charge in [-0.3, -0.25) is 4.79 Å². The molecule has 0 radical (unpaired) electrons. The molecule has 1 aliphatic rings. The van der Waals surface area contributed by atoms with Gasteiger partial charge in [0.05, 0.1) is 16.0 Å². The summed E-state index contributed by atoms with van der Waals surface area (Å²) in [6.45, 7) is 2.85. The summed E-state index contributed by atoms with van der Waals surface area (Å²) in [7, 11) is -3.71.